The molecule has 1 amide bonds. The van der Waals surface area contributed by atoms with E-state index >= 15 is 0 Å². The summed E-state index contributed by atoms with van der Waals surface area (Å²) >= 11 is 5.93. The number of ether oxygens (including phenoxy) is 1. The van der Waals surface area contributed by atoms with Crippen LogP contribution in [0.25, 0.3) is 0 Å². The van der Waals surface area contributed by atoms with Crippen LogP contribution in [0.3, 0.4) is 0 Å². The molecule has 2 N–H and O–H groups in total. The fourth-order valence-electron chi connectivity index (χ4n) is 3.55. The number of anilines is 1. The number of aromatic nitrogens is 4. The second-order valence-corrected chi connectivity index (χ2v) is 9.91. The first kappa shape index (κ1) is 24.4. The number of halogens is 1. The minimum Gasteiger partial charge on any atom is -0.483 e. The van der Waals surface area contributed by atoms with Gasteiger partial charge in [0.25, 0.3) is 5.91 Å². The van der Waals surface area contributed by atoms with Crippen molar-refractivity contribution >= 4 is 33.0 Å². The Morgan fingerprint density at radius 2 is 1.83 bits per heavy atom. The molecule has 9 nitrogen and oxygen atoms in total. The van der Waals surface area contributed by atoms with Crippen LogP contribution >= 0.6 is 11.6 Å². The number of tetrazole rings is 1. The zero-order valence-corrected chi connectivity index (χ0v) is 20.3. The van der Waals surface area contributed by atoms with E-state index in [0.717, 1.165) is 0 Å². The maximum absolute atomic E-state index is 13.4. The molecular formula is C24H22ClN5O4S. The third-order valence-corrected chi connectivity index (χ3v) is 7.28. The Morgan fingerprint density at radius 3 is 2.54 bits per heavy atom. The monoisotopic (exact) mass is 511 g/mol. The minimum absolute atomic E-state index is 0.0549. The normalized spacial score (nSPS) is 11.3. The highest BCUT2D eigenvalue weighted by atomic mass is 35.5. The molecular weight excluding hydrogens is 490 g/mol. The highest BCUT2D eigenvalue weighted by molar-refractivity contribution is 7.91. The quantitative estimate of drug-likeness (QED) is 0.339. The second-order valence-electron chi connectivity index (χ2n) is 7.56. The number of rotatable bonds is 9. The van der Waals surface area contributed by atoms with Crippen molar-refractivity contribution in [1.29, 1.82) is 0 Å². The van der Waals surface area contributed by atoms with Crippen LogP contribution < -0.4 is 10.1 Å². The lowest BCUT2D eigenvalue weighted by molar-refractivity contribution is 0.102. The van der Waals surface area contributed by atoms with Gasteiger partial charge >= 0.3 is 0 Å². The highest BCUT2D eigenvalue weighted by Gasteiger charge is 2.25. The Morgan fingerprint density at radius 1 is 1.06 bits per heavy atom. The van der Waals surface area contributed by atoms with Gasteiger partial charge in [0.2, 0.25) is 15.7 Å². The summed E-state index contributed by atoms with van der Waals surface area (Å²) in [5.41, 5.74) is 1.15. The predicted octanol–water partition coefficient (Wildman–Crippen LogP) is 4.47. The van der Waals surface area contributed by atoms with E-state index in [4.69, 9.17) is 16.3 Å². The van der Waals surface area contributed by atoms with Crippen LogP contribution in [0, 0.1) is 0 Å². The Bertz CT molecular complexity index is 1420. The van der Waals surface area contributed by atoms with Gasteiger partial charge in [0.1, 0.15) is 5.75 Å². The van der Waals surface area contributed by atoms with Crippen LogP contribution in [0.2, 0.25) is 5.02 Å². The molecule has 0 bridgehead atoms. The highest BCUT2D eigenvalue weighted by Crippen LogP contribution is 2.30. The maximum atomic E-state index is 13.4. The molecule has 0 saturated carbocycles. The van der Waals surface area contributed by atoms with Gasteiger partial charge < -0.3 is 10.1 Å². The number of carbonyl (C=O) groups excluding carboxylic acids is 1. The lowest BCUT2D eigenvalue weighted by Gasteiger charge is -2.16. The first-order valence-electron chi connectivity index (χ1n) is 10.8. The van der Waals surface area contributed by atoms with E-state index < -0.39 is 15.7 Å². The topological polar surface area (TPSA) is 127 Å². The fraction of sp³-hybridized carbons (Fsp3) is 0.167. The van der Waals surface area contributed by atoms with Crippen molar-refractivity contribution in [1.82, 2.24) is 20.6 Å². The van der Waals surface area contributed by atoms with Crippen molar-refractivity contribution in [3.8, 4) is 5.75 Å². The Kier molecular flexibility index (Phi) is 7.42. The summed E-state index contributed by atoms with van der Waals surface area (Å²) in [5.74, 6) is 0.321. The van der Waals surface area contributed by atoms with Gasteiger partial charge in [-0.3, -0.25) is 4.79 Å². The summed E-state index contributed by atoms with van der Waals surface area (Å²) in [5, 5.41) is 16.8. The second kappa shape index (κ2) is 10.7. The van der Waals surface area contributed by atoms with Gasteiger partial charge in [0.05, 0.1) is 15.5 Å². The fourth-order valence-corrected chi connectivity index (χ4v) is 5.22. The van der Waals surface area contributed by atoms with Crippen LogP contribution in [-0.2, 0) is 22.9 Å². The Labute approximate surface area is 207 Å². The number of benzene rings is 3. The lowest BCUT2D eigenvalue weighted by Crippen LogP contribution is -2.17. The maximum Gasteiger partial charge on any atom is 0.256 e. The van der Waals surface area contributed by atoms with Gasteiger partial charge in [-0.25, -0.2) is 8.42 Å². The van der Waals surface area contributed by atoms with E-state index in [-0.39, 0.29) is 22.0 Å². The first-order chi connectivity index (χ1) is 16.9. The molecule has 0 aliphatic carbocycles. The third kappa shape index (κ3) is 5.50. The van der Waals surface area contributed by atoms with E-state index in [1.54, 1.807) is 36.4 Å². The molecule has 0 aliphatic rings. The predicted molar refractivity (Wildman–Crippen MR) is 130 cm³/mol. The van der Waals surface area contributed by atoms with Crippen LogP contribution in [-0.4, -0.2) is 34.9 Å². The molecule has 0 aliphatic heterocycles. The summed E-state index contributed by atoms with van der Waals surface area (Å²) in [4.78, 5) is 13.5. The van der Waals surface area contributed by atoms with E-state index in [0.29, 0.717) is 40.7 Å². The molecule has 0 radical (unpaired) electrons. The van der Waals surface area contributed by atoms with Crippen LogP contribution in [0.1, 0.15) is 35.1 Å². The van der Waals surface area contributed by atoms with Crippen molar-refractivity contribution in [2.75, 3.05) is 5.32 Å². The molecule has 0 saturated heterocycles. The zero-order chi connectivity index (χ0) is 24.8. The molecule has 4 aromatic rings. The number of sulfone groups is 1. The van der Waals surface area contributed by atoms with Gasteiger partial charge in [-0.1, -0.05) is 48.4 Å². The number of H-pyrrole nitrogens is 1. The van der Waals surface area contributed by atoms with E-state index in [2.05, 4.69) is 25.9 Å². The average Bonchev–Trinajstić information content (AvgIpc) is 3.38. The molecule has 180 valence electrons. The van der Waals surface area contributed by atoms with Crippen molar-refractivity contribution in [2.45, 2.75) is 36.2 Å². The van der Waals surface area contributed by atoms with Gasteiger partial charge in [0, 0.05) is 10.6 Å². The Hall–Kier alpha value is -3.76. The number of nitrogens with zero attached hydrogens (tertiary/aromatic N) is 3. The van der Waals surface area contributed by atoms with Crippen LogP contribution in [0.4, 0.5) is 5.69 Å². The summed E-state index contributed by atoms with van der Waals surface area (Å²) < 4.78 is 32.6. The summed E-state index contributed by atoms with van der Waals surface area (Å²) in [7, 11) is -3.87. The Balaban J connectivity index is 1.66. The SMILES string of the molecule is CCCc1c(C(=O)Nc2ccccc2OCc2nn[nH]n2)cccc1S(=O)(=O)c1ccc(Cl)cc1. The number of aromatic amines is 1. The van der Waals surface area contributed by atoms with E-state index in [9.17, 15) is 13.2 Å². The van der Waals surface area contributed by atoms with Crippen molar-refractivity contribution < 1.29 is 17.9 Å². The van der Waals surface area contributed by atoms with Crippen LogP contribution in [0.15, 0.2) is 76.5 Å². The standard InChI is InChI=1S/C24H22ClN5O4S/c1-2-6-18-19(7-5-10-22(18)35(32,33)17-13-11-16(25)12-14-17)24(31)26-20-8-3-4-9-21(20)34-15-23-27-29-30-28-23/h3-5,7-14H,2,6,15H2,1H3,(H,26,31)(H,27,28,29,30). The number of amides is 1. The van der Waals surface area contributed by atoms with Gasteiger partial charge in [-0.15, -0.1) is 10.2 Å². The summed E-state index contributed by atoms with van der Waals surface area (Å²) in [6.45, 7) is 1.98. The molecule has 0 unspecified atom stereocenters. The van der Waals surface area contributed by atoms with Crippen molar-refractivity contribution in [2.24, 2.45) is 0 Å². The van der Waals surface area contributed by atoms with E-state index in [1.165, 1.54) is 30.3 Å². The van der Waals surface area contributed by atoms with Crippen LogP contribution in [0.5, 0.6) is 5.75 Å². The summed E-state index contributed by atoms with van der Waals surface area (Å²) in [6.07, 6.45) is 1.06. The molecule has 11 heteroatoms. The minimum atomic E-state index is -3.87. The number of carbonyl (C=O) groups is 1. The van der Waals surface area contributed by atoms with E-state index in [1.807, 2.05) is 6.92 Å². The van der Waals surface area contributed by atoms with Gasteiger partial charge in [-0.2, -0.15) is 5.21 Å². The van der Waals surface area contributed by atoms with Crippen molar-refractivity contribution in [3.63, 3.8) is 0 Å². The molecule has 1 aromatic heterocycles. The molecule has 1 heterocycles. The molecule has 0 spiro atoms. The zero-order valence-electron chi connectivity index (χ0n) is 18.7. The van der Waals surface area contributed by atoms with Crippen molar-refractivity contribution in [3.05, 3.63) is 88.7 Å². The molecule has 4 rings (SSSR count). The lowest BCUT2D eigenvalue weighted by atomic mass is 10.0. The third-order valence-electron chi connectivity index (χ3n) is 5.17. The molecule has 0 atom stereocenters. The number of nitrogens with one attached hydrogen (secondary N) is 2. The van der Waals surface area contributed by atoms with Gasteiger partial charge in [0.15, 0.2) is 6.61 Å². The number of hydrogen-bond acceptors (Lipinski definition) is 7. The molecule has 0 fully saturated rings. The first-order valence-corrected chi connectivity index (χ1v) is 12.6. The largest absolute Gasteiger partial charge is 0.483 e. The molecule has 35 heavy (non-hydrogen) atoms. The number of hydrogen-bond donors (Lipinski definition) is 2. The average molecular weight is 512 g/mol. The summed E-state index contributed by atoms with van der Waals surface area (Å²) in [6, 6.07) is 17.6. The van der Waals surface area contributed by atoms with Gasteiger partial charge in [-0.05, 0) is 60.5 Å². The number of para-hydroxylation sites is 2. The molecule has 3 aromatic carbocycles. The smallest absolute Gasteiger partial charge is 0.256 e.